The summed E-state index contributed by atoms with van der Waals surface area (Å²) in [7, 11) is 1.38. The van der Waals surface area contributed by atoms with Crippen LogP contribution in [0.2, 0.25) is 0 Å². The molecule has 0 fully saturated rings. The largest absolute Gasteiger partial charge is 0.469 e. The molecule has 1 heterocycles. The first-order valence-electron chi connectivity index (χ1n) is 8.41. The van der Waals surface area contributed by atoms with Crippen LogP contribution in [0.4, 0.5) is 0 Å². The van der Waals surface area contributed by atoms with Crippen LogP contribution in [0.1, 0.15) is 64.9 Å². The van der Waals surface area contributed by atoms with E-state index in [9.17, 15) is 14.9 Å². The summed E-state index contributed by atoms with van der Waals surface area (Å²) >= 11 is 0. The summed E-state index contributed by atoms with van der Waals surface area (Å²) in [6.45, 7) is 6.23. The van der Waals surface area contributed by atoms with Gasteiger partial charge in [0.2, 0.25) is 0 Å². The number of ether oxygens (including phenoxy) is 2. The zero-order valence-electron chi connectivity index (χ0n) is 15.2. The molecule has 1 aromatic carbocycles. The maximum atomic E-state index is 12.1. The van der Waals surface area contributed by atoms with Crippen LogP contribution in [0.5, 0.6) is 0 Å². The van der Waals surface area contributed by atoms with E-state index >= 15 is 0 Å². The SMILES string of the molecule is CCc1c(C)c2c(c(C#N)c1C/C=C(\C)CCC(=O)OC)C(=O)OC2. The van der Waals surface area contributed by atoms with Crippen LogP contribution >= 0.6 is 0 Å². The lowest BCUT2D eigenvalue weighted by Crippen LogP contribution is -2.08. The maximum absolute atomic E-state index is 12.1. The number of carbonyl (C=O) groups is 2. The molecule has 2 rings (SSSR count). The molecule has 0 aromatic heterocycles. The number of hydrogen-bond donors (Lipinski definition) is 0. The number of nitriles is 1. The van der Waals surface area contributed by atoms with Crippen LogP contribution in [0.15, 0.2) is 11.6 Å². The highest BCUT2D eigenvalue weighted by molar-refractivity contribution is 5.97. The lowest BCUT2D eigenvalue weighted by Gasteiger charge is -2.16. The molecule has 25 heavy (non-hydrogen) atoms. The third kappa shape index (κ3) is 3.74. The molecule has 1 aromatic rings. The molecule has 0 radical (unpaired) electrons. The van der Waals surface area contributed by atoms with Crippen LogP contribution in [0.3, 0.4) is 0 Å². The lowest BCUT2D eigenvalue weighted by atomic mass is 9.85. The van der Waals surface area contributed by atoms with Crippen molar-refractivity contribution < 1.29 is 19.1 Å². The zero-order chi connectivity index (χ0) is 18.6. The van der Waals surface area contributed by atoms with Gasteiger partial charge in [0.1, 0.15) is 12.7 Å². The highest BCUT2D eigenvalue weighted by Gasteiger charge is 2.30. The van der Waals surface area contributed by atoms with Crippen molar-refractivity contribution >= 4 is 11.9 Å². The summed E-state index contributed by atoms with van der Waals surface area (Å²) < 4.78 is 9.80. The fourth-order valence-electron chi connectivity index (χ4n) is 3.27. The average Bonchev–Trinajstić information content (AvgIpc) is 3.00. The van der Waals surface area contributed by atoms with E-state index in [1.54, 1.807) is 0 Å². The van der Waals surface area contributed by atoms with Crippen LogP contribution in [0.25, 0.3) is 0 Å². The molecule has 0 saturated carbocycles. The van der Waals surface area contributed by atoms with Gasteiger partial charge < -0.3 is 9.47 Å². The van der Waals surface area contributed by atoms with E-state index < -0.39 is 5.97 Å². The summed E-state index contributed by atoms with van der Waals surface area (Å²) in [5.41, 5.74) is 5.77. The highest BCUT2D eigenvalue weighted by Crippen LogP contribution is 2.33. The number of rotatable bonds is 6. The Hall–Kier alpha value is -2.61. The number of methoxy groups -OCH3 is 1. The Morgan fingerprint density at radius 2 is 2.08 bits per heavy atom. The number of nitrogens with zero attached hydrogens (tertiary/aromatic N) is 1. The molecule has 0 atom stereocenters. The number of fused-ring (bicyclic) bond motifs is 1. The van der Waals surface area contributed by atoms with Crippen molar-refractivity contribution in [3.05, 3.63) is 45.0 Å². The Labute approximate surface area is 148 Å². The maximum Gasteiger partial charge on any atom is 0.340 e. The van der Waals surface area contributed by atoms with Gasteiger partial charge in [-0.15, -0.1) is 0 Å². The summed E-state index contributed by atoms with van der Waals surface area (Å²) in [6, 6.07) is 2.21. The molecule has 0 saturated heterocycles. The number of benzene rings is 1. The first-order valence-corrected chi connectivity index (χ1v) is 8.41. The van der Waals surface area contributed by atoms with E-state index in [4.69, 9.17) is 4.74 Å². The van der Waals surface area contributed by atoms with Crippen LogP contribution in [-0.2, 0) is 33.7 Å². The molecule has 1 aliphatic rings. The number of carbonyl (C=O) groups excluding carboxylic acids is 2. The lowest BCUT2D eigenvalue weighted by molar-refractivity contribution is -0.140. The van der Waals surface area contributed by atoms with E-state index in [2.05, 4.69) is 10.8 Å². The normalized spacial score (nSPS) is 13.2. The van der Waals surface area contributed by atoms with Gasteiger partial charge >= 0.3 is 11.9 Å². The van der Waals surface area contributed by atoms with E-state index in [-0.39, 0.29) is 12.6 Å². The second kappa shape index (κ2) is 7.98. The van der Waals surface area contributed by atoms with E-state index in [1.165, 1.54) is 7.11 Å². The second-order valence-electron chi connectivity index (χ2n) is 6.18. The third-order valence-electron chi connectivity index (χ3n) is 4.75. The predicted molar refractivity (Wildman–Crippen MR) is 93.1 cm³/mol. The molecule has 0 bridgehead atoms. The van der Waals surface area contributed by atoms with Gasteiger partial charge in [0, 0.05) is 12.0 Å². The Morgan fingerprint density at radius 3 is 2.68 bits per heavy atom. The van der Waals surface area contributed by atoms with Gasteiger partial charge in [-0.3, -0.25) is 4.79 Å². The van der Waals surface area contributed by atoms with E-state index in [0.29, 0.717) is 30.4 Å². The van der Waals surface area contributed by atoms with Crippen molar-refractivity contribution in [2.24, 2.45) is 0 Å². The first kappa shape index (κ1) is 18.7. The summed E-state index contributed by atoms with van der Waals surface area (Å²) in [5.74, 6) is -0.652. The average molecular weight is 341 g/mol. The molecular weight excluding hydrogens is 318 g/mol. The minimum Gasteiger partial charge on any atom is -0.469 e. The van der Waals surface area contributed by atoms with Crippen molar-refractivity contribution in [2.75, 3.05) is 7.11 Å². The zero-order valence-corrected chi connectivity index (χ0v) is 15.2. The Kier molecular flexibility index (Phi) is 5.97. The molecular formula is C20H23NO4. The number of hydrogen-bond acceptors (Lipinski definition) is 5. The van der Waals surface area contributed by atoms with Crippen molar-refractivity contribution in [3.63, 3.8) is 0 Å². The standard InChI is InChI=1S/C20H23NO4/c1-5-14-13(3)17-11-25-20(23)19(17)16(10-21)15(14)8-6-12(2)7-9-18(22)24-4/h6H,5,7-9,11H2,1-4H3/b12-6+. The van der Waals surface area contributed by atoms with Gasteiger partial charge in [0.15, 0.2) is 0 Å². The van der Waals surface area contributed by atoms with Crippen molar-refractivity contribution in [1.29, 1.82) is 5.26 Å². The molecule has 132 valence electrons. The van der Waals surface area contributed by atoms with Crippen molar-refractivity contribution in [2.45, 2.75) is 53.1 Å². The number of esters is 2. The Morgan fingerprint density at radius 1 is 1.36 bits per heavy atom. The quantitative estimate of drug-likeness (QED) is 0.584. The molecule has 1 aliphatic heterocycles. The molecule has 5 heteroatoms. The second-order valence-corrected chi connectivity index (χ2v) is 6.18. The van der Waals surface area contributed by atoms with Gasteiger partial charge in [0.05, 0.1) is 18.2 Å². The van der Waals surface area contributed by atoms with E-state index in [1.807, 2.05) is 26.8 Å². The molecule has 0 aliphatic carbocycles. The van der Waals surface area contributed by atoms with Gasteiger partial charge in [0.25, 0.3) is 0 Å². The van der Waals surface area contributed by atoms with Crippen LogP contribution in [0, 0.1) is 18.3 Å². The molecule has 0 spiro atoms. The Bertz CT molecular complexity index is 784. The van der Waals surface area contributed by atoms with Crippen molar-refractivity contribution in [3.8, 4) is 6.07 Å². The molecule has 5 nitrogen and oxygen atoms in total. The minimum atomic E-state index is -0.412. The summed E-state index contributed by atoms with van der Waals surface area (Å²) in [4.78, 5) is 23.3. The van der Waals surface area contributed by atoms with Gasteiger partial charge in [-0.2, -0.15) is 5.26 Å². The molecule has 0 unspecified atom stereocenters. The Balaban J connectivity index is 2.39. The topological polar surface area (TPSA) is 76.4 Å². The third-order valence-corrected chi connectivity index (χ3v) is 4.75. The monoisotopic (exact) mass is 341 g/mol. The number of allylic oxidation sites excluding steroid dienone is 2. The summed E-state index contributed by atoms with van der Waals surface area (Å²) in [5, 5.41) is 9.64. The predicted octanol–water partition coefficient (Wildman–Crippen LogP) is 3.54. The fraction of sp³-hybridized carbons (Fsp3) is 0.450. The van der Waals surface area contributed by atoms with E-state index in [0.717, 1.165) is 34.2 Å². The highest BCUT2D eigenvalue weighted by atomic mass is 16.5. The van der Waals surface area contributed by atoms with Crippen molar-refractivity contribution in [1.82, 2.24) is 0 Å². The molecule has 0 N–H and O–H groups in total. The number of cyclic esters (lactones) is 1. The van der Waals surface area contributed by atoms with Gasteiger partial charge in [-0.05, 0) is 49.8 Å². The van der Waals surface area contributed by atoms with Crippen LogP contribution in [-0.4, -0.2) is 19.0 Å². The van der Waals surface area contributed by atoms with Gasteiger partial charge in [-0.1, -0.05) is 18.6 Å². The molecule has 0 amide bonds. The first-order chi connectivity index (χ1) is 11.9. The van der Waals surface area contributed by atoms with Gasteiger partial charge in [-0.25, -0.2) is 4.79 Å². The summed E-state index contributed by atoms with van der Waals surface area (Å²) in [6.07, 6.45) is 4.30. The van der Waals surface area contributed by atoms with Crippen LogP contribution < -0.4 is 0 Å². The minimum absolute atomic E-state index is 0.240. The fourth-order valence-corrected chi connectivity index (χ4v) is 3.27. The smallest absolute Gasteiger partial charge is 0.340 e.